The summed E-state index contributed by atoms with van der Waals surface area (Å²) >= 11 is 0. The van der Waals surface area contributed by atoms with Gasteiger partial charge in [-0.25, -0.2) is 13.1 Å². The van der Waals surface area contributed by atoms with Crippen molar-refractivity contribution >= 4 is 10.0 Å². The molecule has 1 aromatic rings. The molecule has 0 aromatic heterocycles. The van der Waals surface area contributed by atoms with Gasteiger partial charge in [0.2, 0.25) is 10.0 Å². The Morgan fingerprint density at radius 1 is 1.26 bits per heavy atom. The van der Waals surface area contributed by atoms with Gasteiger partial charge in [-0.05, 0) is 57.5 Å². The molecule has 0 amide bonds. The quantitative estimate of drug-likeness (QED) is 0.752. The maximum absolute atomic E-state index is 11.3. The molecule has 0 aliphatic heterocycles. The van der Waals surface area contributed by atoms with Crippen LogP contribution in [0.2, 0.25) is 0 Å². The van der Waals surface area contributed by atoms with Crippen molar-refractivity contribution in [1.29, 1.82) is 0 Å². The van der Waals surface area contributed by atoms with Gasteiger partial charge in [0.05, 0.1) is 5.75 Å². The molecule has 0 aliphatic carbocycles. The van der Waals surface area contributed by atoms with Crippen LogP contribution in [0, 0.1) is 13.8 Å². The monoisotopic (exact) mass is 284 g/mol. The molecule has 2 N–H and O–H groups in total. The molecule has 1 atom stereocenters. The summed E-state index contributed by atoms with van der Waals surface area (Å²) in [6.45, 7) is 7.02. The van der Waals surface area contributed by atoms with Gasteiger partial charge in [0, 0.05) is 6.04 Å². The number of hydrogen-bond donors (Lipinski definition) is 2. The van der Waals surface area contributed by atoms with E-state index in [1.807, 2.05) is 0 Å². The van der Waals surface area contributed by atoms with Crippen LogP contribution in [0.3, 0.4) is 0 Å². The molecule has 0 saturated carbocycles. The molecule has 19 heavy (non-hydrogen) atoms. The summed E-state index contributed by atoms with van der Waals surface area (Å²) in [6.07, 6.45) is 0.610. The van der Waals surface area contributed by atoms with Crippen LogP contribution in [0.15, 0.2) is 18.2 Å². The number of nitrogens with one attached hydrogen (secondary N) is 2. The van der Waals surface area contributed by atoms with E-state index in [-0.39, 0.29) is 11.8 Å². The number of sulfonamides is 1. The van der Waals surface area contributed by atoms with E-state index in [4.69, 9.17) is 0 Å². The molecule has 0 spiro atoms. The predicted octanol–water partition coefficient (Wildman–Crippen LogP) is 1.89. The van der Waals surface area contributed by atoms with Gasteiger partial charge in [-0.15, -0.1) is 0 Å². The summed E-state index contributed by atoms with van der Waals surface area (Å²) in [5, 5.41) is 3.37. The lowest BCUT2D eigenvalue weighted by molar-refractivity contribution is 0.555. The zero-order chi connectivity index (χ0) is 14.5. The SMILES string of the molecule is CNS(=O)(=O)CCCN[C@H](C)c1cccc(C)c1C. The van der Waals surface area contributed by atoms with E-state index in [0.29, 0.717) is 13.0 Å². The van der Waals surface area contributed by atoms with Crippen LogP contribution in [0.4, 0.5) is 0 Å². The first kappa shape index (κ1) is 16.1. The fraction of sp³-hybridized carbons (Fsp3) is 0.571. The molecular formula is C14H24N2O2S. The summed E-state index contributed by atoms with van der Waals surface area (Å²) < 4.78 is 24.9. The van der Waals surface area contributed by atoms with Crippen LogP contribution < -0.4 is 10.0 Å². The van der Waals surface area contributed by atoms with Crippen molar-refractivity contribution in [3.8, 4) is 0 Å². The lowest BCUT2D eigenvalue weighted by atomic mass is 9.98. The van der Waals surface area contributed by atoms with Crippen LogP contribution in [-0.4, -0.2) is 27.8 Å². The van der Waals surface area contributed by atoms with Crippen molar-refractivity contribution in [3.63, 3.8) is 0 Å². The number of rotatable bonds is 7. The molecule has 4 nitrogen and oxygen atoms in total. The first-order valence-corrected chi connectivity index (χ1v) is 8.23. The molecule has 0 radical (unpaired) electrons. The molecular weight excluding hydrogens is 260 g/mol. The number of hydrogen-bond acceptors (Lipinski definition) is 3. The maximum atomic E-state index is 11.3. The fourth-order valence-corrected chi connectivity index (χ4v) is 2.76. The maximum Gasteiger partial charge on any atom is 0.211 e. The van der Waals surface area contributed by atoms with Gasteiger partial charge in [0.1, 0.15) is 0 Å². The van der Waals surface area contributed by atoms with Gasteiger partial charge in [-0.2, -0.15) is 0 Å². The first-order chi connectivity index (χ1) is 8.87. The topological polar surface area (TPSA) is 58.2 Å². The lowest BCUT2D eigenvalue weighted by Crippen LogP contribution is -2.26. The highest BCUT2D eigenvalue weighted by Crippen LogP contribution is 2.19. The third kappa shape index (κ3) is 4.93. The Kier molecular flexibility index (Phi) is 5.97. The highest BCUT2D eigenvalue weighted by Gasteiger charge is 2.10. The Bertz CT molecular complexity index is 512. The Balaban J connectivity index is 2.48. The Morgan fingerprint density at radius 3 is 2.58 bits per heavy atom. The molecule has 0 fully saturated rings. The van der Waals surface area contributed by atoms with E-state index >= 15 is 0 Å². The van der Waals surface area contributed by atoms with Crippen LogP contribution in [0.25, 0.3) is 0 Å². The molecule has 0 saturated heterocycles. The number of aryl methyl sites for hydroxylation is 1. The van der Waals surface area contributed by atoms with Crippen LogP contribution in [-0.2, 0) is 10.0 Å². The highest BCUT2D eigenvalue weighted by molar-refractivity contribution is 7.89. The molecule has 108 valence electrons. The van der Waals surface area contributed by atoms with Gasteiger partial charge >= 0.3 is 0 Å². The van der Waals surface area contributed by atoms with Crippen molar-refractivity contribution in [2.24, 2.45) is 0 Å². The minimum atomic E-state index is -3.09. The van der Waals surface area contributed by atoms with E-state index in [9.17, 15) is 8.42 Å². The average molecular weight is 284 g/mol. The largest absolute Gasteiger partial charge is 0.310 e. The van der Waals surface area contributed by atoms with Crippen LogP contribution in [0.5, 0.6) is 0 Å². The van der Waals surface area contributed by atoms with E-state index in [2.05, 4.69) is 49.0 Å². The van der Waals surface area contributed by atoms with E-state index in [1.165, 1.54) is 23.7 Å². The second-order valence-electron chi connectivity index (χ2n) is 4.84. The summed E-state index contributed by atoms with van der Waals surface area (Å²) in [6, 6.07) is 6.51. The second kappa shape index (κ2) is 7.03. The molecule has 0 unspecified atom stereocenters. The van der Waals surface area contributed by atoms with Crippen molar-refractivity contribution in [3.05, 3.63) is 34.9 Å². The van der Waals surface area contributed by atoms with Gasteiger partial charge in [0.25, 0.3) is 0 Å². The van der Waals surface area contributed by atoms with E-state index in [0.717, 1.165) is 0 Å². The Morgan fingerprint density at radius 2 is 1.95 bits per heavy atom. The fourth-order valence-electron chi connectivity index (χ4n) is 2.04. The molecule has 0 heterocycles. The van der Waals surface area contributed by atoms with E-state index in [1.54, 1.807) is 0 Å². The minimum Gasteiger partial charge on any atom is -0.310 e. The van der Waals surface area contributed by atoms with Gasteiger partial charge in [-0.3, -0.25) is 0 Å². The first-order valence-electron chi connectivity index (χ1n) is 6.58. The smallest absolute Gasteiger partial charge is 0.211 e. The van der Waals surface area contributed by atoms with Crippen LogP contribution in [0.1, 0.15) is 36.1 Å². The molecule has 1 aromatic carbocycles. The highest BCUT2D eigenvalue weighted by atomic mass is 32.2. The lowest BCUT2D eigenvalue weighted by Gasteiger charge is -2.17. The Hall–Kier alpha value is -0.910. The second-order valence-corrected chi connectivity index (χ2v) is 6.89. The predicted molar refractivity (Wildman–Crippen MR) is 79.8 cm³/mol. The average Bonchev–Trinajstić information content (AvgIpc) is 2.37. The summed E-state index contributed by atoms with van der Waals surface area (Å²) in [7, 11) is -1.64. The minimum absolute atomic E-state index is 0.163. The normalized spacial score (nSPS) is 13.5. The van der Waals surface area contributed by atoms with Gasteiger partial charge in [0.15, 0.2) is 0 Å². The molecule has 0 aliphatic rings. The van der Waals surface area contributed by atoms with E-state index < -0.39 is 10.0 Å². The third-order valence-corrected chi connectivity index (χ3v) is 4.91. The number of benzene rings is 1. The summed E-state index contributed by atoms with van der Waals surface area (Å²) in [5.74, 6) is 0.163. The van der Waals surface area contributed by atoms with Crippen molar-refractivity contribution < 1.29 is 8.42 Å². The van der Waals surface area contributed by atoms with Crippen molar-refractivity contribution in [2.75, 3.05) is 19.3 Å². The van der Waals surface area contributed by atoms with Crippen LogP contribution >= 0.6 is 0 Å². The standard InChI is InChI=1S/C14H24N2O2S/c1-11-7-5-8-14(12(11)2)13(3)16-9-6-10-19(17,18)15-4/h5,7-8,13,15-16H,6,9-10H2,1-4H3/t13-/m1/s1. The zero-order valence-electron chi connectivity index (χ0n) is 12.2. The molecule has 5 heteroatoms. The zero-order valence-corrected chi connectivity index (χ0v) is 13.0. The summed E-state index contributed by atoms with van der Waals surface area (Å²) in [4.78, 5) is 0. The summed E-state index contributed by atoms with van der Waals surface area (Å²) in [5.41, 5.74) is 3.85. The Labute approximate surface area is 116 Å². The van der Waals surface area contributed by atoms with Gasteiger partial charge < -0.3 is 5.32 Å². The van der Waals surface area contributed by atoms with Gasteiger partial charge in [-0.1, -0.05) is 18.2 Å². The third-order valence-electron chi connectivity index (χ3n) is 3.46. The van der Waals surface area contributed by atoms with Crippen molar-refractivity contribution in [2.45, 2.75) is 33.2 Å². The molecule has 1 rings (SSSR count). The van der Waals surface area contributed by atoms with Crippen molar-refractivity contribution in [1.82, 2.24) is 10.0 Å². The molecule has 0 bridgehead atoms.